The number of carboxylic acids is 1. The van der Waals surface area contributed by atoms with E-state index in [1.54, 1.807) is 17.0 Å². The van der Waals surface area contributed by atoms with Gasteiger partial charge in [0, 0.05) is 13.1 Å². The van der Waals surface area contributed by atoms with E-state index in [1.807, 2.05) is 0 Å². The van der Waals surface area contributed by atoms with Crippen molar-refractivity contribution >= 4 is 22.9 Å². The van der Waals surface area contributed by atoms with Gasteiger partial charge in [0.1, 0.15) is 12.1 Å². The smallest absolute Gasteiger partial charge is 0.338 e. The molecule has 2 aromatic rings. The summed E-state index contributed by atoms with van der Waals surface area (Å²) in [5.41, 5.74) is 0.981. The van der Waals surface area contributed by atoms with E-state index in [9.17, 15) is 9.59 Å². The van der Waals surface area contributed by atoms with Crippen LogP contribution in [0, 0.1) is 0 Å². The normalized spacial score (nSPS) is 14.9. The molecule has 1 aliphatic rings. The highest BCUT2D eigenvalue weighted by Crippen LogP contribution is 2.17. The number of benzene rings is 1. The molecule has 1 aromatic heterocycles. The minimum atomic E-state index is -1.05. The Kier molecular flexibility index (Phi) is 3.09. The molecule has 20 heavy (non-hydrogen) atoms. The Balaban J connectivity index is 1.91. The number of hydrogen-bond donors (Lipinski definition) is 1. The Morgan fingerprint density at radius 1 is 1.25 bits per heavy atom. The summed E-state index contributed by atoms with van der Waals surface area (Å²) in [4.78, 5) is 25.0. The molecule has 1 N–H and O–H groups in total. The van der Waals surface area contributed by atoms with Crippen molar-refractivity contribution in [3.63, 3.8) is 0 Å². The molecule has 1 aromatic carbocycles. The molecule has 7 heteroatoms. The van der Waals surface area contributed by atoms with Crippen LogP contribution in [0.3, 0.4) is 0 Å². The fraction of sp³-hybridized carbons (Fsp3) is 0.385. The lowest BCUT2D eigenvalue weighted by Gasteiger charge is -2.14. The van der Waals surface area contributed by atoms with Crippen LogP contribution in [-0.4, -0.2) is 50.0 Å². The van der Waals surface area contributed by atoms with Gasteiger partial charge in [-0.2, -0.15) is 0 Å². The summed E-state index contributed by atoms with van der Waals surface area (Å²) in [6, 6.07) is 4.83. The van der Waals surface area contributed by atoms with Gasteiger partial charge in [-0.25, -0.2) is 9.48 Å². The van der Waals surface area contributed by atoms with Crippen LogP contribution in [0.15, 0.2) is 18.2 Å². The summed E-state index contributed by atoms with van der Waals surface area (Å²) in [5, 5.41) is 16.9. The standard InChI is InChI=1S/C13H14N4O3/c18-11(16-6-1-2-7-16)8-17-10-5-3-4-9(13(19)20)12(10)14-15-17/h3-5H,1-2,6-8H2,(H,19,20). The molecule has 0 unspecified atom stereocenters. The van der Waals surface area contributed by atoms with Gasteiger partial charge in [0.2, 0.25) is 5.91 Å². The molecule has 1 amide bonds. The summed E-state index contributed by atoms with van der Waals surface area (Å²) >= 11 is 0. The molecule has 0 atom stereocenters. The molecule has 0 aliphatic carbocycles. The van der Waals surface area contributed by atoms with Gasteiger partial charge in [-0.05, 0) is 25.0 Å². The Morgan fingerprint density at radius 3 is 2.70 bits per heavy atom. The number of fused-ring (bicyclic) bond motifs is 1. The first-order chi connectivity index (χ1) is 9.66. The Morgan fingerprint density at radius 2 is 2.00 bits per heavy atom. The first kappa shape index (κ1) is 12.6. The second-order valence-electron chi connectivity index (χ2n) is 4.81. The largest absolute Gasteiger partial charge is 0.478 e. The maximum Gasteiger partial charge on any atom is 0.338 e. The fourth-order valence-corrected chi connectivity index (χ4v) is 2.48. The number of carbonyl (C=O) groups excluding carboxylic acids is 1. The zero-order valence-corrected chi connectivity index (χ0v) is 10.8. The summed E-state index contributed by atoms with van der Waals surface area (Å²) in [7, 11) is 0. The van der Waals surface area contributed by atoms with Gasteiger partial charge in [0.15, 0.2) is 0 Å². The molecule has 2 heterocycles. The van der Waals surface area contributed by atoms with Gasteiger partial charge >= 0.3 is 5.97 Å². The Hall–Kier alpha value is -2.44. The quantitative estimate of drug-likeness (QED) is 0.892. The number of carbonyl (C=O) groups is 2. The summed E-state index contributed by atoms with van der Waals surface area (Å²) < 4.78 is 1.46. The van der Waals surface area contributed by atoms with Gasteiger partial charge < -0.3 is 10.0 Å². The highest BCUT2D eigenvalue weighted by Gasteiger charge is 2.20. The number of nitrogens with zero attached hydrogens (tertiary/aromatic N) is 4. The summed E-state index contributed by atoms with van der Waals surface area (Å²) in [6.45, 7) is 1.66. The fourth-order valence-electron chi connectivity index (χ4n) is 2.48. The predicted octanol–water partition coefficient (Wildman–Crippen LogP) is 0.752. The predicted molar refractivity (Wildman–Crippen MR) is 70.3 cm³/mol. The van der Waals surface area contributed by atoms with Crippen molar-refractivity contribution in [2.24, 2.45) is 0 Å². The van der Waals surface area contributed by atoms with Crippen molar-refractivity contribution in [2.75, 3.05) is 13.1 Å². The highest BCUT2D eigenvalue weighted by molar-refractivity contribution is 6.00. The van der Waals surface area contributed by atoms with Crippen LogP contribution in [0.5, 0.6) is 0 Å². The molecule has 3 rings (SSSR count). The van der Waals surface area contributed by atoms with Crippen molar-refractivity contribution in [3.8, 4) is 0 Å². The van der Waals surface area contributed by atoms with E-state index in [0.717, 1.165) is 25.9 Å². The lowest BCUT2D eigenvalue weighted by atomic mass is 10.2. The Bertz CT molecular complexity index is 673. The minimum Gasteiger partial charge on any atom is -0.478 e. The molecule has 1 saturated heterocycles. The van der Waals surface area contributed by atoms with Crippen LogP contribution in [0.2, 0.25) is 0 Å². The van der Waals surface area contributed by atoms with E-state index in [2.05, 4.69) is 10.3 Å². The maximum absolute atomic E-state index is 12.1. The molecule has 0 saturated carbocycles. The first-order valence-electron chi connectivity index (χ1n) is 6.50. The van der Waals surface area contributed by atoms with Crippen LogP contribution in [0.1, 0.15) is 23.2 Å². The van der Waals surface area contributed by atoms with Crippen LogP contribution in [0.4, 0.5) is 0 Å². The average Bonchev–Trinajstić information content (AvgIpc) is 3.08. The topological polar surface area (TPSA) is 88.3 Å². The van der Waals surface area contributed by atoms with Crippen LogP contribution in [0.25, 0.3) is 11.0 Å². The summed E-state index contributed by atoms with van der Waals surface area (Å²) in [6.07, 6.45) is 2.07. The number of aromatic nitrogens is 3. The van der Waals surface area contributed by atoms with Crippen molar-refractivity contribution in [3.05, 3.63) is 23.8 Å². The van der Waals surface area contributed by atoms with Crippen LogP contribution in [-0.2, 0) is 11.3 Å². The third-order valence-corrected chi connectivity index (χ3v) is 3.52. The third kappa shape index (κ3) is 2.11. The van der Waals surface area contributed by atoms with E-state index >= 15 is 0 Å². The third-order valence-electron chi connectivity index (χ3n) is 3.52. The molecular formula is C13H14N4O3. The second kappa shape index (κ2) is 4.92. The molecule has 1 aliphatic heterocycles. The number of aromatic carboxylic acids is 1. The Labute approximate surface area is 114 Å². The lowest BCUT2D eigenvalue weighted by molar-refractivity contribution is -0.130. The average molecular weight is 274 g/mol. The summed E-state index contributed by atoms with van der Waals surface area (Å²) in [5.74, 6) is -1.05. The SMILES string of the molecule is O=C(O)c1cccc2c1nnn2CC(=O)N1CCCC1. The molecule has 7 nitrogen and oxygen atoms in total. The van der Waals surface area contributed by atoms with Gasteiger partial charge in [-0.3, -0.25) is 4.79 Å². The number of likely N-dealkylation sites (tertiary alicyclic amines) is 1. The highest BCUT2D eigenvalue weighted by atomic mass is 16.4. The van der Waals surface area contributed by atoms with Crippen molar-refractivity contribution < 1.29 is 14.7 Å². The maximum atomic E-state index is 12.1. The van der Waals surface area contributed by atoms with Crippen LogP contribution >= 0.6 is 0 Å². The van der Waals surface area contributed by atoms with Crippen molar-refractivity contribution in [1.82, 2.24) is 19.9 Å². The van der Waals surface area contributed by atoms with E-state index in [4.69, 9.17) is 5.11 Å². The zero-order valence-electron chi connectivity index (χ0n) is 10.8. The molecule has 0 bridgehead atoms. The molecule has 0 radical (unpaired) electrons. The molecule has 104 valence electrons. The zero-order chi connectivity index (χ0) is 14.1. The molecule has 0 spiro atoms. The van der Waals surface area contributed by atoms with Crippen LogP contribution < -0.4 is 0 Å². The van der Waals surface area contributed by atoms with Crippen molar-refractivity contribution in [2.45, 2.75) is 19.4 Å². The molecule has 1 fully saturated rings. The van der Waals surface area contributed by atoms with Gasteiger partial charge in [-0.15, -0.1) is 5.10 Å². The van der Waals surface area contributed by atoms with Gasteiger partial charge in [-0.1, -0.05) is 11.3 Å². The number of hydrogen-bond acceptors (Lipinski definition) is 4. The van der Waals surface area contributed by atoms with Gasteiger partial charge in [0.25, 0.3) is 0 Å². The lowest BCUT2D eigenvalue weighted by Crippen LogP contribution is -2.31. The minimum absolute atomic E-state index is 0.00460. The van der Waals surface area contributed by atoms with Gasteiger partial charge in [0.05, 0.1) is 11.1 Å². The second-order valence-corrected chi connectivity index (χ2v) is 4.81. The number of rotatable bonds is 3. The van der Waals surface area contributed by atoms with E-state index in [0.29, 0.717) is 11.0 Å². The van der Waals surface area contributed by atoms with E-state index < -0.39 is 5.97 Å². The first-order valence-corrected chi connectivity index (χ1v) is 6.50. The number of amides is 1. The molecular weight excluding hydrogens is 260 g/mol. The van der Waals surface area contributed by atoms with Crippen molar-refractivity contribution in [1.29, 1.82) is 0 Å². The van der Waals surface area contributed by atoms with E-state index in [-0.39, 0.29) is 18.0 Å². The number of carboxylic acid groups (broad SMARTS) is 1. The van der Waals surface area contributed by atoms with E-state index in [1.165, 1.54) is 10.7 Å². The monoisotopic (exact) mass is 274 g/mol.